The van der Waals surface area contributed by atoms with Crippen LogP contribution in [0, 0.1) is 5.41 Å². The standard InChI is InChI=1S/C18H29N3O2S/c1-23-14-18(6-8-19-9-7-18)17(22)20-13-15(16-5-4-12-24-16)21-10-2-3-11-21/h4-5,12,15,19H,2-3,6-11,13-14H2,1H3,(H,20,22). The van der Waals surface area contributed by atoms with Gasteiger partial charge in [-0.1, -0.05) is 6.07 Å². The van der Waals surface area contributed by atoms with Gasteiger partial charge in [0.15, 0.2) is 0 Å². The fourth-order valence-electron chi connectivity index (χ4n) is 3.94. The third-order valence-electron chi connectivity index (χ3n) is 5.37. The first-order valence-corrected chi connectivity index (χ1v) is 9.88. The molecule has 1 unspecified atom stereocenters. The topological polar surface area (TPSA) is 53.6 Å². The van der Waals surface area contributed by atoms with Crippen molar-refractivity contribution in [1.29, 1.82) is 0 Å². The fraction of sp³-hybridized carbons (Fsp3) is 0.722. The molecule has 1 amide bonds. The Morgan fingerprint density at radius 1 is 1.42 bits per heavy atom. The maximum absolute atomic E-state index is 13.0. The average Bonchev–Trinajstić information content (AvgIpc) is 3.30. The number of methoxy groups -OCH3 is 1. The van der Waals surface area contributed by atoms with Crippen LogP contribution in [-0.2, 0) is 9.53 Å². The van der Waals surface area contributed by atoms with Crippen LogP contribution in [0.1, 0.15) is 36.6 Å². The first-order chi connectivity index (χ1) is 11.7. The minimum atomic E-state index is -0.370. The maximum Gasteiger partial charge on any atom is 0.228 e. The predicted molar refractivity (Wildman–Crippen MR) is 97.3 cm³/mol. The second-order valence-corrected chi connectivity index (χ2v) is 7.93. The fourth-order valence-corrected chi connectivity index (χ4v) is 4.80. The van der Waals surface area contributed by atoms with Crippen molar-refractivity contribution in [2.24, 2.45) is 5.41 Å². The van der Waals surface area contributed by atoms with E-state index in [-0.39, 0.29) is 11.3 Å². The molecule has 0 bridgehead atoms. The molecule has 2 aliphatic heterocycles. The van der Waals surface area contributed by atoms with Gasteiger partial charge < -0.3 is 15.4 Å². The van der Waals surface area contributed by atoms with Gasteiger partial charge in [-0.3, -0.25) is 9.69 Å². The number of thiophene rings is 1. The van der Waals surface area contributed by atoms with Crippen LogP contribution in [-0.4, -0.2) is 57.2 Å². The molecule has 6 heteroatoms. The number of rotatable bonds is 7. The first kappa shape index (κ1) is 17.9. The van der Waals surface area contributed by atoms with E-state index in [1.54, 1.807) is 18.4 Å². The van der Waals surface area contributed by atoms with Gasteiger partial charge in [-0.15, -0.1) is 11.3 Å². The molecule has 134 valence electrons. The monoisotopic (exact) mass is 351 g/mol. The molecule has 0 spiro atoms. The summed E-state index contributed by atoms with van der Waals surface area (Å²) in [4.78, 5) is 16.8. The third kappa shape index (κ3) is 3.99. The Bertz CT molecular complexity index is 503. The maximum atomic E-state index is 13.0. The summed E-state index contributed by atoms with van der Waals surface area (Å²) in [5, 5.41) is 8.73. The summed E-state index contributed by atoms with van der Waals surface area (Å²) in [5.74, 6) is 0.159. The molecule has 1 atom stereocenters. The Morgan fingerprint density at radius 2 is 2.17 bits per heavy atom. The van der Waals surface area contributed by atoms with Gasteiger partial charge in [0, 0.05) is 18.5 Å². The van der Waals surface area contributed by atoms with E-state index in [0.717, 1.165) is 39.0 Å². The summed E-state index contributed by atoms with van der Waals surface area (Å²) < 4.78 is 5.39. The van der Waals surface area contributed by atoms with Crippen molar-refractivity contribution < 1.29 is 9.53 Å². The van der Waals surface area contributed by atoms with E-state index in [2.05, 4.69) is 33.0 Å². The van der Waals surface area contributed by atoms with Crippen molar-refractivity contribution in [3.05, 3.63) is 22.4 Å². The Morgan fingerprint density at radius 3 is 2.79 bits per heavy atom. The number of carbonyl (C=O) groups is 1. The summed E-state index contributed by atoms with van der Waals surface area (Å²) in [5.41, 5.74) is -0.370. The van der Waals surface area contributed by atoms with E-state index < -0.39 is 0 Å². The van der Waals surface area contributed by atoms with Crippen LogP contribution in [0.5, 0.6) is 0 Å². The number of carbonyl (C=O) groups excluding carboxylic acids is 1. The van der Waals surface area contributed by atoms with Crippen LogP contribution in [0.25, 0.3) is 0 Å². The number of likely N-dealkylation sites (tertiary alicyclic amines) is 1. The van der Waals surface area contributed by atoms with Crippen molar-refractivity contribution in [3.8, 4) is 0 Å². The van der Waals surface area contributed by atoms with Crippen molar-refractivity contribution in [1.82, 2.24) is 15.5 Å². The molecule has 0 aliphatic carbocycles. The Balaban J connectivity index is 1.65. The molecule has 3 heterocycles. The quantitative estimate of drug-likeness (QED) is 0.789. The zero-order chi connectivity index (χ0) is 16.8. The lowest BCUT2D eigenvalue weighted by atomic mass is 9.78. The highest BCUT2D eigenvalue weighted by Crippen LogP contribution is 2.31. The molecule has 2 aliphatic rings. The van der Waals surface area contributed by atoms with Crippen LogP contribution >= 0.6 is 11.3 Å². The second-order valence-electron chi connectivity index (χ2n) is 6.95. The van der Waals surface area contributed by atoms with Crippen LogP contribution in [0.2, 0.25) is 0 Å². The molecule has 0 saturated carbocycles. The highest BCUT2D eigenvalue weighted by molar-refractivity contribution is 7.10. The van der Waals surface area contributed by atoms with Gasteiger partial charge in [0.1, 0.15) is 0 Å². The first-order valence-electron chi connectivity index (χ1n) is 9.01. The molecule has 5 nitrogen and oxygen atoms in total. The summed E-state index contributed by atoms with van der Waals surface area (Å²) >= 11 is 1.79. The number of piperidine rings is 1. The second kappa shape index (κ2) is 8.43. The van der Waals surface area contributed by atoms with Crippen LogP contribution in [0.15, 0.2) is 17.5 Å². The summed E-state index contributed by atoms with van der Waals surface area (Å²) in [6.45, 7) is 5.23. The van der Waals surface area contributed by atoms with E-state index >= 15 is 0 Å². The Kier molecular flexibility index (Phi) is 6.27. The molecule has 2 saturated heterocycles. The zero-order valence-electron chi connectivity index (χ0n) is 14.6. The molecular weight excluding hydrogens is 322 g/mol. The van der Waals surface area contributed by atoms with Crippen LogP contribution < -0.4 is 10.6 Å². The summed E-state index contributed by atoms with van der Waals surface area (Å²) in [7, 11) is 1.69. The number of nitrogens with one attached hydrogen (secondary N) is 2. The molecule has 2 N–H and O–H groups in total. The van der Waals surface area contributed by atoms with Gasteiger partial charge in [-0.05, 0) is 63.3 Å². The van der Waals surface area contributed by atoms with E-state index in [4.69, 9.17) is 4.74 Å². The zero-order valence-corrected chi connectivity index (χ0v) is 15.4. The third-order valence-corrected chi connectivity index (χ3v) is 6.35. The van der Waals surface area contributed by atoms with E-state index in [9.17, 15) is 4.79 Å². The number of amides is 1. The Hall–Kier alpha value is -0.950. The lowest BCUT2D eigenvalue weighted by Crippen LogP contribution is -2.51. The van der Waals surface area contributed by atoms with Crippen LogP contribution in [0.4, 0.5) is 0 Å². The van der Waals surface area contributed by atoms with Gasteiger partial charge >= 0.3 is 0 Å². The van der Waals surface area contributed by atoms with Gasteiger partial charge in [-0.2, -0.15) is 0 Å². The number of hydrogen-bond acceptors (Lipinski definition) is 5. The predicted octanol–water partition coefficient (Wildman–Crippen LogP) is 2.02. The van der Waals surface area contributed by atoms with Gasteiger partial charge in [0.25, 0.3) is 0 Å². The molecule has 24 heavy (non-hydrogen) atoms. The van der Waals surface area contributed by atoms with E-state index in [1.807, 2.05) is 0 Å². The smallest absolute Gasteiger partial charge is 0.228 e. The molecule has 0 radical (unpaired) electrons. The molecule has 2 fully saturated rings. The molecule has 1 aromatic heterocycles. The molecular formula is C18H29N3O2S. The highest BCUT2D eigenvalue weighted by Gasteiger charge is 2.40. The van der Waals surface area contributed by atoms with E-state index in [0.29, 0.717) is 19.2 Å². The van der Waals surface area contributed by atoms with Gasteiger partial charge in [0.05, 0.1) is 18.1 Å². The lowest BCUT2D eigenvalue weighted by molar-refractivity contribution is -0.136. The van der Waals surface area contributed by atoms with Crippen molar-refractivity contribution in [3.63, 3.8) is 0 Å². The van der Waals surface area contributed by atoms with Gasteiger partial charge in [-0.25, -0.2) is 0 Å². The minimum Gasteiger partial charge on any atom is -0.384 e. The normalized spacial score (nSPS) is 22.4. The van der Waals surface area contributed by atoms with Gasteiger partial charge in [0.2, 0.25) is 5.91 Å². The summed E-state index contributed by atoms with van der Waals surface area (Å²) in [6, 6.07) is 4.59. The highest BCUT2D eigenvalue weighted by atomic mass is 32.1. The number of hydrogen-bond donors (Lipinski definition) is 2. The van der Waals surface area contributed by atoms with Crippen molar-refractivity contribution in [2.75, 3.05) is 46.4 Å². The summed E-state index contributed by atoms with van der Waals surface area (Å²) in [6.07, 6.45) is 4.21. The van der Waals surface area contributed by atoms with Crippen molar-refractivity contribution in [2.45, 2.75) is 31.7 Å². The molecule has 3 rings (SSSR count). The largest absolute Gasteiger partial charge is 0.384 e. The SMILES string of the molecule is COCC1(C(=O)NCC(c2cccs2)N2CCCC2)CCNCC1. The lowest BCUT2D eigenvalue weighted by Gasteiger charge is -2.36. The minimum absolute atomic E-state index is 0.159. The molecule has 0 aromatic carbocycles. The Labute approximate surface area is 148 Å². The van der Waals surface area contributed by atoms with Crippen molar-refractivity contribution >= 4 is 17.2 Å². The average molecular weight is 352 g/mol. The van der Waals surface area contributed by atoms with Crippen LogP contribution in [0.3, 0.4) is 0 Å². The molecule has 1 aromatic rings. The number of nitrogens with zero attached hydrogens (tertiary/aromatic N) is 1. The number of ether oxygens (including phenoxy) is 1. The van der Waals surface area contributed by atoms with E-state index in [1.165, 1.54) is 17.7 Å².